The zero-order valence-corrected chi connectivity index (χ0v) is 16.0. The van der Waals surface area contributed by atoms with Crippen molar-refractivity contribution < 1.29 is 9.59 Å². The number of nitrogens with one attached hydrogen (secondary N) is 2. The second-order valence-corrected chi connectivity index (χ2v) is 6.51. The molecular formula is C21H15Cl2N3O2. The fourth-order valence-electron chi connectivity index (χ4n) is 2.43. The van der Waals surface area contributed by atoms with Gasteiger partial charge in [0.15, 0.2) is 0 Å². The molecule has 140 valence electrons. The molecule has 2 amide bonds. The minimum atomic E-state index is -0.474. The molecule has 0 aliphatic heterocycles. The van der Waals surface area contributed by atoms with Crippen LogP contribution < -0.4 is 10.7 Å². The van der Waals surface area contributed by atoms with Gasteiger partial charge >= 0.3 is 0 Å². The van der Waals surface area contributed by atoms with E-state index in [2.05, 4.69) is 15.8 Å². The summed E-state index contributed by atoms with van der Waals surface area (Å²) < 4.78 is 0. The number of carbonyl (C=O) groups excluding carboxylic acids is 2. The van der Waals surface area contributed by atoms with Crippen LogP contribution in [0.1, 0.15) is 26.3 Å². The number of hydrogen-bond donors (Lipinski definition) is 2. The summed E-state index contributed by atoms with van der Waals surface area (Å²) in [5.74, 6) is -0.885. The summed E-state index contributed by atoms with van der Waals surface area (Å²) in [5, 5.41) is 7.48. The van der Waals surface area contributed by atoms with Crippen LogP contribution in [0.3, 0.4) is 0 Å². The number of hydrazone groups is 1. The Bertz CT molecular complexity index is 1050. The molecule has 3 rings (SSSR count). The maximum absolute atomic E-state index is 12.5. The van der Waals surface area contributed by atoms with Crippen LogP contribution in [-0.4, -0.2) is 18.0 Å². The highest BCUT2D eigenvalue weighted by atomic mass is 35.5. The van der Waals surface area contributed by atoms with Gasteiger partial charge in [0.1, 0.15) is 0 Å². The molecule has 0 bridgehead atoms. The number of amides is 2. The smallest absolute Gasteiger partial charge is 0.273 e. The van der Waals surface area contributed by atoms with Gasteiger partial charge in [-0.05, 0) is 30.3 Å². The highest BCUT2D eigenvalue weighted by molar-refractivity contribution is 6.34. The molecule has 7 heteroatoms. The second kappa shape index (κ2) is 9.17. The number of para-hydroxylation sites is 1. The summed E-state index contributed by atoms with van der Waals surface area (Å²) in [6.07, 6.45) is 1.45. The number of rotatable bonds is 5. The van der Waals surface area contributed by atoms with Crippen molar-refractivity contribution in [2.45, 2.75) is 0 Å². The van der Waals surface area contributed by atoms with Crippen LogP contribution in [0.25, 0.3) is 0 Å². The maximum Gasteiger partial charge on any atom is 0.273 e. The van der Waals surface area contributed by atoms with E-state index in [0.29, 0.717) is 26.9 Å². The molecule has 0 saturated carbocycles. The molecule has 0 unspecified atom stereocenters. The van der Waals surface area contributed by atoms with Crippen molar-refractivity contribution in [1.29, 1.82) is 0 Å². The van der Waals surface area contributed by atoms with Gasteiger partial charge in [-0.25, -0.2) is 5.43 Å². The summed E-state index contributed by atoms with van der Waals surface area (Å²) in [6, 6.07) is 20.4. The van der Waals surface area contributed by atoms with Crippen molar-refractivity contribution in [1.82, 2.24) is 5.43 Å². The van der Waals surface area contributed by atoms with Crippen LogP contribution in [0.2, 0.25) is 10.0 Å². The van der Waals surface area contributed by atoms with Crippen LogP contribution in [0, 0.1) is 0 Å². The Kier molecular flexibility index (Phi) is 6.42. The average molecular weight is 412 g/mol. The number of carbonyl (C=O) groups is 2. The molecule has 0 heterocycles. The van der Waals surface area contributed by atoms with Crippen molar-refractivity contribution in [2.24, 2.45) is 5.10 Å². The molecule has 0 spiro atoms. The van der Waals surface area contributed by atoms with Gasteiger partial charge in [0, 0.05) is 10.6 Å². The summed E-state index contributed by atoms with van der Waals surface area (Å²) in [6.45, 7) is 0. The summed E-state index contributed by atoms with van der Waals surface area (Å²) >= 11 is 12.1. The van der Waals surface area contributed by atoms with Gasteiger partial charge in [-0.2, -0.15) is 5.10 Å². The van der Waals surface area contributed by atoms with Gasteiger partial charge in [0.25, 0.3) is 11.8 Å². The van der Waals surface area contributed by atoms with Crippen LogP contribution >= 0.6 is 23.2 Å². The van der Waals surface area contributed by atoms with Gasteiger partial charge in [-0.1, -0.05) is 65.7 Å². The lowest BCUT2D eigenvalue weighted by Gasteiger charge is -2.10. The molecule has 0 aliphatic carbocycles. The lowest BCUT2D eigenvalue weighted by Crippen LogP contribution is -2.21. The number of halogens is 2. The average Bonchev–Trinajstić information content (AvgIpc) is 2.70. The highest BCUT2D eigenvalue weighted by Crippen LogP contribution is 2.20. The van der Waals surface area contributed by atoms with Crippen LogP contribution in [0.15, 0.2) is 77.9 Å². The maximum atomic E-state index is 12.5. The van der Waals surface area contributed by atoms with Crippen LogP contribution in [0.5, 0.6) is 0 Å². The van der Waals surface area contributed by atoms with Crippen LogP contribution in [-0.2, 0) is 0 Å². The predicted molar refractivity (Wildman–Crippen MR) is 112 cm³/mol. The minimum absolute atomic E-state index is 0.263. The summed E-state index contributed by atoms with van der Waals surface area (Å²) in [5.41, 5.74) is 4.03. The van der Waals surface area contributed by atoms with Crippen molar-refractivity contribution >= 4 is 46.9 Å². The molecule has 3 aromatic rings. The largest absolute Gasteiger partial charge is 0.321 e. The minimum Gasteiger partial charge on any atom is -0.321 e. The van der Waals surface area contributed by atoms with E-state index in [1.165, 1.54) is 6.21 Å². The van der Waals surface area contributed by atoms with Crippen molar-refractivity contribution in [3.63, 3.8) is 0 Å². The van der Waals surface area contributed by atoms with E-state index in [4.69, 9.17) is 23.2 Å². The number of anilines is 1. The first-order valence-corrected chi connectivity index (χ1v) is 9.04. The SMILES string of the molecule is O=C(Nc1ccccc1C(=O)N/N=C/c1ccccc1Cl)c1ccccc1Cl. The normalized spacial score (nSPS) is 10.6. The molecule has 0 fully saturated rings. The van der Waals surface area contributed by atoms with Crippen molar-refractivity contribution in [2.75, 3.05) is 5.32 Å². The fourth-order valence-corrected chi connectivity index (χ4v) is 2.83. The Hall–Kier alpha value is -3.15. The van der Waals surface area contributed by atoms with Crippen molar-refractivity contribution in [3.05, 3.63) is 99.5 Å². The molecule has 0 atom stereocenters. The topological polar surface area (TPSA) is 70.6 Å². The Morgan fingerprint density at radius 2 is 1.36 bits per heavy atom. The quantitative estimate of drug-likeness (QED) is 0.457. The van der Waals surface area contributed by atoms with E-state index in [1.54, 1.807) is 66.7 Å². The van der Waals surface area contributed by atoms with E-state index in [-0.39, 0.29) is 5.56 Å². The zero-order valence-electron chi connectivity index (χ0n) is 14.5. The Morgan fingerprint density at radius 1 is 0.750 bits per heavy atom. The summed E-state index contributed by atoms with van der Waals surface area (Å²) in [7, 11) is 0. The third kappa shape index (κ3) is 4.76. The lowest BCUT2D eigenvalue weighted by atomic mass is 10.1. The second-order valence-electron chi connectivity index (χ2n) is 5.70. The third-order valence-electron chi connectivity index (χ3n) is 3.81. The predicted octanol–water partition coefficient (Wildman–Crippen LogP) is 5.01. The molecule has 0 aliphatic rings. The van der Waals surface area contributed by atoms with Gasteiger partial charge in [0.05, 0.1) is 28.1 Å². The molecule has 0 radical (unpaired) electrons. The van der Waals surface area contributed by atoms with Gasteiger partial charge in [0.2, 0.25) is 0 Å². The lowest BCUT2D eigenvalue weighted by molar-refractivity contribution is 0.0956. The Labute approximate surface area is 172 Å². The molecule has 0 saturated heterocycles. The Morgan fingerprint density at radius 3 is 2.07 bits per heavy atom. The van der Waals surface area contributed by atoms with E-state index in [0.717, 1.165) is 0 Å². The van der Waals surface area contributed by atoms with E-state index in [1.807, 2.05) is 6.07 Å². The number of nitrogens with zero attached hydrogens (tertiary/aromatic N) is 1. The van der Waals surface area contributed by atoms with Gasteiger partial charge in [-0.15, -0.1) is 0 Å². The number of hydrogen-bond acceptors (Lipinski definition) is 3. The highest BCUT2D eigenvalue weighted by Gasteiger charge is 2.15. The van der Waals surface area contributed by atoms with Gasteiger partial charge in [-0.3, -0.25) is 9.59 Å². The molecule has 5 nitrogen and oxygen atoms in total. The van der Waals surface area contributed by atoms with E-state index >= 15 is 0 Å². The molecular weight excluding hydrogens is 397 g/mol. The monoisotopic (exact) mass is 411 g/mol. The molecule has 28 heavy (non-hydrogen) atoms. The van der Waals surface area contributed by atoms with E-state index in [9.17, 15) is 9.59 Å². The molecule has 0 aromatic heterocycles. The summed E-state index contributed by atoms with van der Waals surface area (Å²) in [4.78, 5) is 25.0. The first kappa shape index (κ1) is 19.6. The third-order valence-corrected chi connectivity index (χ3v) is 4.49. The first-order chi connectivity index (χ1) is 13.6. The molecule has 2 N–H and O–H groups in total. The zero-order chi connectivity index (χ0) is 19.9. The Balaban J connectivity index is 1.74. The molecule has 3 aromatic carbocycles. The first-order valence-electron chi connectivity index (χ1n) is 8.29. The van der Waals surface area contributed by atoms with Crippen LogP contribution in [0.4, 0.5) is 5.69 Å². The van der Waals surface area contributed by atoms with E-state index < -0.39 is 11.8 Å². The standard InChI is InChI=1S/C21H15Cl2N3O2/c22-17-10-4-1-7-14(17)13-24-26-21(28)16-9-3-6-12-19(16)25-20(27)15-8-2-5-11-18(15)23/h1-13H,(H,25,27)(H,26,28)/b24-13+. The van der Waals surface area contributed by atoms with Crippen molar-refractivity contribution in [3.8, 4) is 0 Å². The van der Waals surface area contributed by atoms with Gasteiger partial charge < -0.3 is 5.32 Å². The number of benzene rings is 3. The fraction of sp³-hybridized carbons (Fsp3) is 0.